The number of ether oxygens (including phenoxy) is 3. The normalized spacial score (nSPS) is 19.2. The molecule has 0 aromatic heterocycles. The highest BCUT2D eigenvalue weighted by atomic mass is 16.6. The van der Waals surface area contributed by atoms with Gasteiger partial charge in [0.15, 0.2) is 0 Å². The van der Waals surface area contributed by atoms with Crippen molar-refractivity contribution in [2.45, 2.75) is 40.2 Å². The second-order valence-corrected chi connectivity index (χ2v) is 5.57. The number of fused-ring (bicyclic) bond motifs is 1. The van der Waals surface area contributed by atoms with Crippen LogP contribution < -0.4 is 9.47 Å². The largest absolute Gasteiger partial charge is 0.471 e. The molecule has 0 unspecified atom stereocenters. The molecule has 0 N–H and O–H groups in total. The Labute approximate surface area is 129 Å². The van der Waals surface area contributed by atoms with Crippen LogP contribution in [-0.4, -0.2) is 24.6 Å². The van der Waals surface area contributed by atoms with Gasteiger partial charge in [-0.3, -0.25) is 4.79 Å². The van der Waals surface area contributed by atoms with E-state index in [0.717, 1.165) is 22.3 Å². The first-order valence-electron chi connectivity index (χ1n) is 7.00. The van der Waals surface area contributed by atoms with E-state index in [-0.39, 0.29) is 5.97 Å². The smallest absolute Gasteiger partial charge is 0.354 e. The topological polar surface area (TPSA) is 61.8 Å². The summed E-state index contributed by atoms with van der Waals surface area (Å²) >= 11 is 0. The molecule has 22 heavy (non-hydrogen) atoms. The third-order valence-electron chi connectivity index (χ3n) is 3.95. The lowest BCUT2D eigenvalue weighted by Crippen LogP contribution is -2.42. The number of benzene rings is 1. The zero-order valence-corrected chi connectivity index (χ0v) is 13.7. The fraction of sp³-hybridized carbons (Fsp3) is 0.412. The van der Waals surface area contributed by atoms with Crippen molar-refractivity contribution in [3.8, 4) is 11.5 Å². The van der Waals surface area contributed by atoms with Crippen molar-refractivity contribution in [2.75, 3.05) is 7.11 Å². The van der Waals surface area contributed by atoms with Crippen LogP contribution in [0.25, 0.3) is 6.08 Å². The van der Waals surface area contributed by atoms with Gasteiger partial charge in [0.05, 0.1) is 7.11 Å². The van der Waals surface area contributed by atoms with E-state index in [9.17, 15) is 9.59 Å². The third kappa shape index (κ3) is 2.47. The molecule has 1 aromatic rings. The summed E-state index contributed by atoms with van der Waals surface area (Å²) in [6.07, 6.45) is 3.46. The monoisotopic (exact) mass is 304 g/mol. The van der Waals surface area contributed by atoms with Crippen molar-refractivity contribution >= 4 is 18.0 Å². The van der Waals surface area contributed by atoms with E-state index in [1.54, 1.807) is 13.0 Å². The molecule has 1 aliphatic heterocycles. The summed E-state index contributed by atoms with van der Waals surface area (Å²) in [7, 11) is 1.33. The first-order chi connectivity index (χ1) is 10.2. The number of hydrogen-bond acceptors (Lipinski definition) is 5. The highest BCUT2D eigenvalue weighted by Gasteiger charge is 2.38. The zero-order valence-electron chi connectivity index (χ0n) is 13.7. The van der Waals surface area contributed by atoms with Gasteiger partial charge in [-0.1, -0.05) is 6.08 Å². The molecule has 0 saturated heterocycles. The van der Waals surface area contributed by atoms with Crippen LogP contribution in [0.4, 0.5) is 0 Å². The number of carbonyl (C=O) groups is 2. The molecule has 2 rings (SSSR count). The second-order valence-electron chi connectivity index (χ2n) is 5.57. The van der Waals surface area contributed by atoms with Gasteiger partial charge in [0, 0.05) is 18.1 Å². The Morgan fingerprint density at radius 2 is 1.77 bits per heavy atom. The first-order valence-corrected chi connectivity index (χ1v) is 7.00. The Kier molecular flexibility index (Phi) is 4.00. The van der Waals surface area contributed by atoms with Gasteiger partial charge in [0.1, 0.15) is 11.5 Å². The lowest BCUT2D eigenvalue weighted by Gasteiger charge is -2.31. The van der Waals surface area contributed by atoms with Gasteiger partial charge in [-0.2, -0.15) is 0 Å². The number of rotatable bonds is 2. The summed E-state index contributed by atoms with van der Waals surface area (Å²) in [4.78, 5) is 23.2. The Morgan fingerprint density at radius 3 is 2.32 bits per heavy atom. The summed E-state index contributed by atoms with van der Waals surface area (Å²) in [6.45, 7) is 8.62. The van der Waals surface area contributed by atoms with Crippen molar-refractivity contribution in [1.82, 2.24) is 0 Å². The Morgan fingerprint density at radius 1 is 1.14 bits per heavy atom. The van der Waals surface area contributed by atoms with Crippen LogP contribution in [0.15, 0.2) is 6.08 Å². The van der Waals surface area contributed by atoms with Gasteiger partial charge in [-0.05, 0) is 44.9 Å². The van der Waals surface area contributed by atoms with Crippen LogP contribution in [0.2, 0.25) is 0 Å². The molecule has 1 atom stereocenters. The summed E-state index contributed by atoms with van der Waals surface area (Å²) in [5, 5.41) is 0. The van der Waals surface area contributed by atoms with E-state index >= 15 is 0 Å². The molecule has 0 fully saturated rings. The Hall–Kier alpha value is -2.30. The van der Waals surface area contributed by atoms with Crippen LogP contribution in [0, 0.1) is 20.8 Å². The average molecular weight is 304 g/mol. The van der Waals surface area contributed by atoms with Gasteiger partial charge < -0.3 is 14.2 Å². The molecule has 1 heterocycles. The van der Waals surface area contributed by atoms with Crippen LogP contribution in [0.1, 0.15) is 36.1 Å². The molecule has 118 valence electrons. The third-order valence-corrected chi connectivity index (χ3v) is 3.95. The predicted molar refractivity (Wildman–Crippen MR) is 82.0 cm³/mol. The summed E-state index contributed by atoms with van der Waals surface area (Å²) in [5.74, 6) is 0.318. The maximum absolute atomic E-state index is 11.9. The van der Waals surface area contributed by atoms with Crippen molar-refractivity contribution in [3.63, 3.8) is 0 Å². The highest BCUT2D eigenvalue weighted by molar-refractivity contribution is 5.86. The fourth-order valence-corrected chi connectivity index (χ4v) is 2.55. The van der Waals surface area contributed by atoms with Crippen molar-refractivity contribution in [1.29, 1.82) is 0 Å². The molecular weight excluding hydrogens is 284 g/mol. The van der Waals surface area contributed by atoms with E-state index in [1.807, 2.05) is 26.8 Å². The molecule has 0 saturated carbocycles. The minimum atomic E-state index is -1.16. The van der Waals surface area contributed by atoms with E-state index in [4.69, 9.17) is 14.2 Å². The van der Waals surface area contributed by atoms with E-state index < -0.39 is 11.6 Å². The molecule has 0 aliphatic carbocycles. The van der Waals surface area contributed by atoms with Crippen LogP contribution >= 0.6 is 0 Å². The van der Waals surface area contributed by atoms with E-state index in [0.29, 0.717) is 11.5 Å². The number of carbonyl (C=O) groups excluding carboxylic acids is 2. The minimum Gasteiger partial charge on any atom is -0.471 e. The van der Waals surface area contributed by atoms with Gasteiger partial charge in [0.25, 0.3) is 0 Å². The quantitative estimate of drug-likeness (QED) is 0.621. The van der Waals surface area contributed by atoms with Gasteiger partial charge in [0.2, 0.25) is 5.60 Å². The SMILES string of the molecule is COC(=O)[C@]1(C)C=Cc2c(C)c(OC(C)=O)c(C)c(C)c2O1. The first kappa shape index (κ1) is 16.1. The second kappa shape index (κ2) is 5.48. The molecule has 1 aromatic carbocycles. The molecule has 0 bridgehead atoms. The molecule has 5 nitrogen and oxygen atoms in total. The maximum Gasteiger partial charge on any atom is 0.354 e. The van der Waals surface area contributed by atoms with Crippen molar-refractivity contribution < 1.29 is 23.8 Å². The fourth-order valence-electron chi connectivity index (χ4n) is 2.55. The van der Waals surface area contributed by atoms with Crippen LogP contribution in [0.5, 0.6) is 11.5 Å². The highest BCUT2D eigenvalue weighted by Crippen LogP contribution is 2.43. The Bertz CT molecular complexity index is 687. The number of esters is 2. The maximum atomic E-state index is 11.9. The Balaban J connectivity index is 2.61. The molecule has 1 aliphatic rings. The van der Waals surface area contributed by atoms with E-state index in [1.165, 1.54) is 14.0 Å². The summed E-state index contributed by atoms with van der Waals surface area (Å²) in [5.41, 5.74) is 2.09. The zero-order chi connectivity index (χ0) is 16.7. The predicted octanol–water partition coefficient (Wildman–Crippen LogP) is 2.87. The number of methoxy groups -OCH3 is 1. The standard InChI is InChI=1S/C17H20O5/c1-9-10(2)15-13(11(3)14(9)21-12(4)18)7-8-17(5,22-15)16(19)20-6/h7-8H,1-6H3/t17-/m0/s1. The molecule has 0 amide bonds. The van der Waals surface area contributed by atoms with Crippen molar-refractivity contribution in [2.24, 2.45) is 0 Å². The molecule has 0 radical (unpaired) electrons. The lowest BCUT2D eigenvalue weighted by atomic mass is 9.92. The summed E-state index contributed by atoms with van der Waals surface area (Å²) in [6, 6.07) is 0. The van der Waals surface area contributed by atoms with Gasteiger partial charge in [-0.25, -0.2) is 4.79 Å². The van der Waals surface area contributed by atoms with Gasteiger partial charge >= 0.3 is 11.9 Å². The van der Waals surface area contributed by atoms with E-state index in [2.05, 4.69) is 0 Å². The summed E-state index contributed by atoms with van der Waals surface area (Å²) < 4.78 is 16.0. The average Bonchev–Trinajstić information content (AvgIpc) is 2.48. The lowest BCUT2D eigenvalue weighted by molar-refractivity contribution is -0.153. The van der Waals surface area contributed by atoms with Crippen LogP contribution in [0.3, 0.4) is 0 Å². The van der Waals surface area contributed by atoms with Gasteiger partial charge in [-0.15, -0.1) is 0 Å². The number of hydrogen-bond donors (Lipinski definition) is 0. The molecular formula is C17H20O5. The van der Waals surface area contributed by atoms with Crippen LogP contribution in [-0.2, 0) is 14.3 Å². The van der Waals surface area contributed by atoms with Crippen molar-refractivity contribution in [3.05, 3.63) is 28.3 Å². The molecule has 0 spiro atoms. The minimum absolute atomic E-state index is 0.370. The molecule has 5 heteroatoms.